The Morgan fingerprint density at radius 3 is 2.83 bits per heavy atom. The van der Waals surface area contributed by atoms with Gasteiger partial charge in [0.1, 0.15) is 5.75 Å². The van der Waals surface area contributed by atoms with Gasteiger partial charge < -0.3 is 14.6 Å². The Bertz CT molecular complexity index is 911. The first-order chi connectivity index (χ1) is 13.9. The summed E-state index contributed by atoms with van der Waals surface area (Å²) < 4.78 is 42.2. The molecule has 1 fully saturated rings. The van der Waals surface area contributed by atoms with Gasteiger partial charge in [0.2, 0.25) is 0 Å². The van der Waals surface area contributed by atoms with E-state index in [9.17, 15) is 13.5 Å². The SMILES string of the molecule is CCOS(=O)(=O)CC1COCCC1COc1ccc(-n2cc(O)cn2)cc1CC. The third-order valence-corrected chi connectivity index (χ3v) is 6.49. The largest absolute Gasteiger partial charge is 0.505 e. The van der Waals surface area contributed by atoms with E-state index in [0.717, 1.165) is 29.8 Å². The van der Waals surface area contributed by atoms with Crippen molar-refractivity contribution in [3.05, 3.63) is 36.2 Å². The standard InChI is InChI=1S/C20H28N2O6S/c1-3-15-9-18(22-11-19(23)10-21-22)5-6-20(15)27-13-16-7-8-26-12-17(16)14-29(24,25)28-4-2/h5-6,9-11,16-17,23H,3-4,7-8,12-14H2,1-2H3. The van der Waals surface area contributed by atoms with Crippen LogP contribution in [0.25, 0.3) is 5.69 Å². The molecule has 1 N–H and O–H groups in total. The fourth-order valence-electron chi connectivity index (χ4n) is 3.51. The molecule has 8 nitrogen and oxygen atoms in total. The Labute approximate surface area is 171 Å². The molecule has 1 aliphatic heterocycles. The Balaban J connectivity index is 1.68. The Morgan fingerprint density at radius 2 is 2.14 bits per heavy atom. The lowest BCUT2D eigenvalue weighted by Crippen LogP contribution is -2.36. The number of aromatic nitrogens is 2. The average molecular weight is 425 g/mol. The third kappa shape index (κ3) is 5.71. The topological polar surface area (TPSA) is 99.9 Å². The molecule has 2 heterocycles. The van der Waals surface area contributed by atoms with Crippen LogP contribution in [0.4, 0.5) is 0 Å². The van der Waals surface area contributed by atoms with Gasteiger partial charge in [0, 0.05) is 18.4 Å². The van der Waals surface area contributed by atoms with Crippen molar-refractivity contribution in [3.63, 3.8) is 0 Å². The molecule has 29 heavy (non-hydrogen) atoms. The maximum atomic E-state index is 12.0. The summed E-state index contributed by atoms with van der Waals surface area (Å²) in [7, 11) is -3.56. The monoisotopic (exact) mass is 424 g/mol. The van der Waals surface area contributed by atoms with Crippen LogP contribution in [-0.4, -0.2) is 55.5 Å². The summed E-state index contributed by atoms with van der Waals surface area (Å²) in [6.45, 7) is 5.25. The second kappa shape index (κ2) is 9.60. The second-order valence-electron chi connectivity index (χ2n) is 7.11. The normalized spacial score (nSPS) is 19.9. The summed E-state index contributed by atoms with van der Waals surface area (Å²) in [6, 6.07) is 5.74. The van der Waals surface area contributed by atoms with E-state index in [1.807, 2.05) is 25.1 Å². The Hall–Kier alpha value is -2.10. The van der Waals surface area contributed by atoms with Gasteiger partial charge >= 0.3 is 0 Å². The molecule has 0 saturated carbocycles. The Kier molecular flexibility index (Phi) is 7.15. The van der Waals surface area contributed by atoms with Crippen LogP contribution < -0.4 is 4.74 Å². The highest BCUT2D eigenvalue weighted by atomic mass is 32.2. The molecule has 0 bridgehead atoms. The number of aryl methyl sites for hydroxylation is 1. The van der Waals surface area contributed by atoms with Crippen LogP contribution in [0.2, 0.25) is 0 Å². The van der Waals surface area contributed by atoms with E-state index in [0.29, 0.717) is 19.8 Å². The van der Waals surface area contributed by atoms with Crippen molar-refractivity contribution in [1.82, 2.24) is 9.78 Å². The van der Waals surface area contributed by atoms with Crippen molar-refractivity contribution in [1.29, 1.82) is 0 Å². The zero-order valence-corrected chi connectivity index (χ0v) is 17.6. The number of benzene rings is 1. The van der Waals surface area contributed by atoms with Gasteiger partial charge in [0.25, 0.3) is 10.1 Å². The lowest BCUT2D eigenvalue weighted by Gasteiger charge is -2.31. The summed E-state index contributed by atoms with van der Waals surface area (Å²) in [5, 5.41) is 13.6. The van der Waals surface area contributed by atoms with Crippen molar-refractivity contribution in [3.8, 4) is 17.2 Å². The van der Waals surface area contributed by atoms with Crippen LogP contribution in [0.15, 0.2) is 30.6 Å². The molecule has 0 spiro atoms. The highest BCUT2D eigenvalue weighted by Gasteiger charge is 2.31. The number of ether oxygens (including phenoxy) is 2. The van der Waals surface area contributed by atoms with Gasteiger partial charge in [0.15, 0.2) is 5.75 Å². The van der Waals surface area contributed by atoms with Gasteiger partial charge in [-0.2, -0.15) is 13.5 Å². The average Bonchev–Trinajstić information content (AvgIpc) is 3.13. The molecule has 1 aromatic heterocycles. The lowest BCUT2D eigenvalue weighted by molar-refractivity contribution is 0.00858. The summed E-state index contributed by atoms with van der Waals surface area (Å²) in [5.41, 5.74) is 1.85. The molecule has 0 radical (unpaired) electrons. The number of hydrogen-bond donors (Lipinski definition) is 1. The van der Waals surface area contributed by atoms with Gasteiger partial charge in [-0.3, -0.25) is 4.18 Å². The molecule has 2 atom stereocenters. The highest BCUT2D eigenvalue weighted by Crippen LogP contribution is 2.28. The van der Waals surface area contributed by atoms with E-state index in [-0.39, 0.29) is 29.9 Å². The van der Waals surface area contributed by atoms with E-state index < -0.39 is 10.1 Å². The van der Waals surface area contributed by atoms with Crippen LogP contribution >= 0.6 is 0 Å². The van der Waals surface area contributed by atoms with Gasteiger partial charge in [-0.25, -0.2) is 4.68 Å². The van der Waals surface area contributed by atoms with Crippen LogP contribution in [0, 0.1) is 11.8 Å². The summed E-state index contributed by atoms with van der Waals surface area (Å²) in [5.74, 6) is 0.738. The molecule has 1 aromatic carbocycles. The molecule has 0 aliphatic carbocycles. The smallest absolute Gasteiger partial charge is 0.267 e. The molecular weight excluding hydrogens is 396 g/mol. The summed E-state index contributed by atoms with van der Waals surface area (Å²) in [6.07, 6.45) is 4.45. The van der Waals surface area contributed by atoms with Crippen LogP contribution in [-0.2, 0) is 25.5 Å². The van der Waals surface area contributed by atoms with E-state index >= 15 is 0 Å². The van der Waals surface area contributed by atoms with Crippen LogP contribution in [0.5, 0.6) is 11.5 Å². The zero-order chi connectivity index (χ0) is 20.9. The molecule has 0 amide bonds. The maximum Gasteiger partial charge on any atom is 0.267 e. The minimum Gasteiger partial charge on any atom is -0.505 e. The van der Waals surface area contributed by atoms with Gasteiger partial charge in [-0.15, -0.1) is 0 Å². The fourth-order valence-corrected chi connectivity index (χ4v) is 4.86. The molecular formula is C20H28N2O6S. The van der Waals surface area contributed by atoms with Crippen molar-refractivity contribution >= 4 is 10.1 Å². The molecule has 1 saturated heterocycles. The third-order valence-electron chi connectivity index (χ3n) is 5.06. The Morgan fingerprint density at radius 1 is 1.31 bits per heavy atom. The molecule has 3 rings (SSSR count). The van der Waals surface area contributed by atoms with Crippen molar-refractivity contribution in [2.45, 2.75) is 26.7 Å². The van der Waals surface area contributed by atoms with Crippen LogP contribution in [0.3, 0.4) is 0 Å². The van der Waals surface area contributed by atoms with Crippen molar-refractivity contribution < 1.29 is 27.2 Å². The van der Waals surface area contributed by atoms with E-state index in [4.69, 9.17) is 13.7 Å². The minimum atomic E-state index is -3.56. The maximum absolute atomic E-state index is 12.0. The highest BCUT2D eigenvalue weighted by molar-refractivity contribution is 7.86. The van der Waals surface area contributed by atoms with Crippen LogP contribution in [0.1, 0.15) is 25.8 Å². The van der Waals surface area contributed by atoms with E-state index in [2.05, 4.69) is 5.10 Å². The molecule has 9 heteroatoms. The number of rotatable bonds is 9. The minimum absolute atomic E-state index is 0.0583. The first-order valence-electron chi connectivity index (χ1n) is 9.86. The van der Waals surface area contributed by atoms with Gasteiger partial charge in [-0.1, -0.05) is 6.92 Å². The van der Waals surface area contributed by atoms with Crippen molar-refractivity contribution in [2.24, 2.45) is 11.8 Å². The molecule has 2 aromatic rings. The molecule has 1 aliphatic rings. The van der Waals surface area contributed by atoms with Gasteiger partial charge in [0.05, 0.1) is 43.7 Å². The van der Waals surface area contributed by atoms with E-state index in [1.54, 1.807) is 17.8 Å². The predicted molar refractivity (Wildman–Crippen MR) is 108 cm³/mol. The zero-order valence-electron chi connectivity index (χ0n) is 16.8. The number of nitrogens with zero attached hydrogens (tertiary/aromatic N) is 2. The number of hydrogen-bond acceptors (Lipinski definition) is 7. The first kappa shape index (κ1) is 21.6. The molecule has 160 valence electrons. The van der Waals surface area contributed by atoms with E-state index in [1.165, 1.54) is 6.20 Å². The predicted octanol–water partition coefficient (Wildman–Crippen LogP) is 2.54. The summed E-state index contributed by atoms with van der Waals surface area (Å²) >= 11 is 0. The quantitative estimate of drug-likeness (QED) is 0.618. The first-order valence-corrected chi connectivity index (χ1v) is 11.4. The summed E-state index contributed by atoms with van der Waals surface area (Å²) in [4.78, 5) is 0. The fraction of sp³-hybridized carbons (Fsp3) is 0.550. The number of aromatic hydroxyl groups is 1. The van der Waals surface area contributed by atoms with Crippen molar-refractivity contribution in [2.75, 3.05) is 32.2 Å². The van der Waals surface area contributed by atoms with Gasteiger partial charge in [-0.05, 0) is 43.5 Å². The molecule has 2 unspecified atom stereocenters. The lowest BCUT2D eigenvalue weighted by atomic mass is 9.90. The second-order valence-corrected chi connectivity index (χ2v) is 8.80.